The van der Waals surface area contributed by atoms with E-state index in [1.165, 1.54) is 40.4 Å². The van der Waals surface area contributed by atoms with Crippen molar-refractivity contribution in [2.45, 2.75) is 44.6 Å². The molecule has 39 heavy (non-hydrogen) atoms. The molecule has 1 N–H and O–H groups in total. The predicted molar refractivity (Wildman–Crippen MR) is 155 cm³/mol. The van der Waals surface area contributed by atoms with Crippen LogP contribution in [0.1, 0.15) is 54.5 Å². The Morgan fingerprint density at radius 2 is 1.74 bits per heavy atom. The van der Waals surface area contributed by atoms with Gasteiger partial charge in [0.15, 0.2) is 0 Å². The third-order valence-electron chi connectivity index (χ3n) is 8.87. The first-order valence-corrected chi connectivity index (χ1v) is 14.3. The Kier molecular flexibility index (Phi) is 6.41. The van der Waals surface area contributed by atoms with Gasteiger partial charge in [-0.25, -0.2) is 4.68 Å². The summed E-state index contributed by atoms with van der Waals surface area (Å²) in [5.41, 5.74) is 9.26. The van der Waals surface area contributed by atoms with Crippen molar-refractivity contribution in [1.82, 2.24) is 29.9 Å². The molecule has 2 fully saturated rings. The molecule has 2 aromatic carbocycles. The summed E-state index contributed by atoms with van der Waals surface area (Å²) in [6.07, 6.45) is 6.46. The molecule has 3 aromatic heterocycles. The Morgan fingerprint density at radius 1 is 0.949 bits per heavy atom. The van der Waals surface area contributed by atoms with E-state index in [0.717, 1.165) is 61.6 Å². The monoisotopic (exact) mass is 520 g/mol. The molecule has 7 heteroatoms. The van der Waals surface area contributed by atoms with Gasteiger partial charge >= 0.3 is 0 Å². The molecule has 2 aliphatic rings. The van der Waals surface area contributed by atoms with Gasteiger partial charge in [-0.3, -0.25) is 4.98 Å². The Labute approximate surface area is 229 Å². The minimum Gasteiger partial charge on any atom is -0.381 e. The van der Waals surface area contributed by atoms with Gasteiger partial charge in [-0.2, -0.15) is 0 Å². The number of benzene rings is 2. The average molecular weight is 521 g/mol. The number of hydrogen-bond acceptors (Lipinski definition) is 5. The molecule has 2 saturated heterocycles. The number of rotatable bonds is 5. The topological polar surface area (TPSA) is 69.8 Å². The summed E-state index contributed by atoms with van der Waals surface area (Å²) in [7, 11) is 1.95. The third kappa shape index (κ3) is 4.34. The van der Waals surface area contributed by atoms with E-state index < -0.39 is 0 Å². The lowest BCUT2D eigenvalue weighted by Gasteiger charge is -2.33. The van der Waals surface area contributed by atoms with Crippen molar-refractivity contribution in [3.63, 3.8) is 0 Å². The number of pyridine rings is 1. The van der Waals surface area contributed by atoms with E-state index in [9.17, 15) is 0 Å². The lowest BCUT2D eigenvalue weighted by atomic mass is 9.86. The fraction of sp³-hybridized carbons (Fsp3) is 0.406. The molecule has 5 heterocycles. The third-order valence-corrected chi connectivity index (χ3v) is 8.87. The second kappa shape index (κ2) is 10.2. The highest BCUT2D eigenvalue weighted by Gasteiger charge is 2.30. The van der Waals surface area contributed by atoms with Crippen molar-refractivity contribution >= 4 is 21.9 Å². The van der Waals surface area contributed by atoms with Crippen LogP contribution < -0.4 is 5.32 Å². The fourth-order valence-electron chi connectivity index (χ4n) is 6.94. The number of hydrogen-bond donors (Lipinski definition) is 1. The molecule has 200 valence electrons. The van der Waals surface area contributed by atoms with Crippen molar-refractivity contribution in [2.75, 3.05) is 26.3 Å². The average Bonchev–Trinajstić information content (AvgIpc) is 3.50. The number of nitrogens with zero attached hydrogens (tertiary/aromatic N) is 5. The van der Waals surface area contributed by atoms with E-state index in [2.05, 4.69) is 74.8 Å². The Morgan fingerprint density at radius 3 is 2.49 bits per heavy atom. The van der Waals surface area contributed by atoms with Crippen LogP contribution in [0.25, 0.3) is 33.2 Å². The SMILES string of the molecule is Cc1nnn(C)c1-c1cnc2c3cc(C4CCNCC4)ccc3n(C(c3ccccc3)C3CCOCC3)c2c1. The maximum Gasteiger partial charge on any atom is 0.0960 e. The molecule has 0 amide bonds. The lowest BCUT2D eigenvalue weighted by Crippen LogP contribution is -2.27. The minimum atomic E-state index is 0.197. The molecule has 7 rings (SSSR count). The second-order valence-corrected chi connectivity index (χ2v) is 11.2. The maximum atomic E-state index is 5.81. The fourth-order valence-corrected chi connectivity index (χ4v) is 6.94. The summed E-state index contributed by atoms with van der Waals surface area (Å²) in [5, 5.41) is 13.4. The Balaban J connectivity index is 1.49. The first-order chi connectivity index (χ1) is 19.2. The van der Waals surface area contributed by atoms with E-state index in [1.54, 1.807) is 0 Å². The molecule has 5 aromatic rings. The van der Waals surface area contributed by atoms with Crippen LogP contribution in [0.2, 0.25) is 0 Å². The smallest absolute Gasteiger partial charge is 0.0960 e. The standard InChI is InChI=1S/C32H36N6O/c1-21-31(37(2)36-35-21)26-19-29-30(34-20-26)27-18-25(22-10-14-33-15-11-22)8-9-28(27)38(29)32(23-6-4-3-5-7-23)24-12-16-39-17-13-24/h3-9,18-20,22,24,32-33H,10-17H2,1-2H3. The molecular weight excluding hydrogens is 484 g/mol. The van der Waals surface area contributed by atoms with Gasteiger partial charge in [-0.15, -0.1) is 5.10 Å². The zero-order chi connectivity index (χ0) is 26.3. The van der Waals surface area contributed by atoms with Crippen molar-refractivity contribution in [3.8, 4) is 11.3 Å². The van der Waals surface area contributed by atoms with Crippen molar-refractivity contribution < 1.29 is 4.74 Å². The van der Waals surface area contributed by atoms with E-state index >= 15 is 0 Å². The number of piperidine rings is 1. The molecular formula is C32H36N6O. The van der Waals surface area contributed by atoms with E-state index in [1.807, 2.05) is 24.9 Å². The van der Waals surface area contributed by atoms with Crippen LogP contribution in [-0.4, -0.2) is 50.8 Å². The zero-order valence-electron chi connectivity index (χ0n) is 22.8. The van der Waals surface area contributed by atoms with Crippen LogP contribution in [0.4, 0.5) is 0 Å². The van der Waals surface area contributed by atoms with Crippen molar-refractivity contribution in [2.24, 2.45) is 13.0 Å². The maximum absolute atomic E-state index is 5.81. The summed E-state index contributed by atoms with van der Waals surface area (Å²) in [4.78, 5) is 5.15. The van der Waals surface area contributed by atoms with Crippen molar-refractivity contribution in [3.05, 3.63) is 77.6 Å². The molecule has 0 aliphatic carbocycles. The number of aryl methyl sites for hydroxylation is 2. The van der Waals surface area contributed by atoms with E-state index in [4.69, 9.17) is 9.72 Å². The molecule has 2 aliphatic heterocycles. The van der Waals surface area contributed by atoms with Crippen LogP contribution in [-0.2, 0) is 11.8 Å². The van der Waals surface area contributed by atoms with Gasteiger partial charge in [0.1, 0.15) is 0 Å². The van der Waals surface area contributed by atoms with Gasteiger partial charge in [0, 0.05) is 37.4 Å². The first kappa shape index (κ1) is 24.5. The van der Waals surface area contributed by atoms with Gasteiger partial charge in [0.2, 0.25) is 0 Å². The quantitative estimate of drug-likeness (QED) is 0.318. The molecule has 0 saturated carbocycles. The molecule has 0 bridgehead atoms. The highest BCUT2D eigenvalue weighted by atomic mass is 16.5. The first-order valence-electron chi connectivity index (χ1n) is 14.3. The summed E-state index contributed by atoms with van der Waals surface area (Å²) in [6.45, 7) is 5.82. The molecule has 7 nitrogen and oxygen atoms in total. The zero-order valence-corrected chi connectivity index (χ0v) is 22.8. The number of nitrogens with one attached hydrogen (secondary N) is 1. The highest BCUT2D eigenvalue weighted by molar-refractivity contribution is 6.07. The number of fused-ring (bicyclic) bond motifs is 3. The highest BCUT2D eigenvalue weighted by Crippen LogP contribution is 2.42. The van der Waals surface area contributed by atoms with Crippen LogP contribution in [0, 0.1) is 12.8 Å². The number of aromatic nitrogens is 5. The van der Waals surface area contributed by atoms with Crippen LogP contribution in [0.5, 0.6) is 0 Å². The minimum absolute atomic E-state index is 0.197. The van der Waals surface area contributed by atoms with Crippen LogP contribution >= 0.6 is 0 Å². The summed E-state index contributed by atoms with van der Waals surface area (Å²) in [6, 6.07) is 20.7. The molecule has 0 spiro atoms. The normalized spacial score (nSPS) is 18.2. The van der Waals surface area contributed by atoms with Gasteiger partial charge in [0.05, 0.1) is 34.0 Å². The van der Waals surface area contributed by atoms with Crippen molar-refractivity contribution in [1.29, 1.82) is 0 Å². The second-order valence-electron chi connectivity index (χ2n) is 11.2. The van der Waals surface area contributed by atoms with Crippen LogP contribution in [0.3, 0.4) is 0 Å². The van der Waals surface area contributed by atoms with Crippen LogP contribution in [0.15, 0.2) is 60.8 Å². The Hall–Kier alpha value is -3.55. The van der Waals surface area contributed by atoms with Gasteiger partial charge in [-0.1, -0.05) is 41.6 Å². The predicted octanol–water partition coefficient (Wildman–Crippen LogP) is 5.78. The number of ether oxygens (including phenoxy) is 1. The van der Waals surface area contributed by atoms with E-state index in [0.29, 0.717) is 11.8 Å². The lowest BCUT2D eigenvalue weighted by molar-refractivity contribution is 0.0553. The molecule has 1 atom stereocenters. The van der Waals surface area contributed by atoms with Gasteiger partial charge in [-0.05, 0) is 86.9 Å². The molecule has 0 radical (unpaired) electrons. The Bertz CT molecular complexity index is 1590. The summed E-state index contributed by atoms with van der Waals surface area (Å²) < 4.78 is 10.2. The summed E-state index contributed by atoms with van der Waals surface area (Å²) >= 11 is 0. The molecule has 1 unspecified atom stereocenters. The largest absolute Gasteiger partial charge is 0.381 e. The van der Waals surface area contributed by atoms with E-state index in [-0.39, 0.29) is 6.04 Å². The van der Waals surface area contributed by atoms with Gasteiger partial charge < -0.3 is 14.6 Å². The summed E-state index contributed by atoms with van der Waals surface area (Å²) in [5.74, 6) is 1.07. The van der Waals surface area contributed by atoms with Gasteiger partial charge in [0.25, 0.3) is 0 Å².